The van der Waals surface area contributed by atoms with E-state index in [1.807, 2.05) is 0 Å². The molecule has 0 aliphatic heterocycles. The van der Waals surface area contributed by atoms with Gasteiger partial charge in [0.2, 0.25) is 0 Å². The zero-order chi connectivity index (χ0) is 14.4. The quantitative estimate of drug-likeness (QED) is 0.486. The minimum absolute atomic E-state index is 0.536. The third kappa shape index (κ3) is 3.70. The number of hydrogen-bond donors (Lipinski definition) is 0. The molecule has 2 rings (SSSR count). The summed E-state index contributed by atoms with van der Waals surface area (Å²) >= 11 is 0. The lowest BCUT2D eigenvalue weighted by Crippen LogP contribution is -2.05. The molecular weight excluding hydrogens is 259 g/mol. The van der Waals surface area contributed by atoms with Gasteiger partial charge in [0.15, 0.2) is 0 Å². The van der Waals surface area contributed by atoms with E-state index < -0.39 is 0 Å². The largest absolute Gasteiger partial charge is 0.138 e. The van der Waals surface area contributed by atoms with Gasteiger partial charge < -0.3 is 0 Å². The van der Waals surface area contributed by atoms with Gasteiger partial charge in [0.25, 0.3) is 0 Å². The van der Waals surface area contributed by atoms with Crippen LogP contribution >= 0.6 is 9.24 Å². The highest BCUT2D eigenvalue weighted by atomic mass is 31.0. The lowest BCUT2D eigenvalue weighted by Gasteiger charge is -2.22. The molecule has 0 aliphatic rings. The van der Waals surface area contributed by atoms with Crippen molar-refractivity contribution in [1.82, 2.24) is 0 Å². The van der Waals surface area contributed by atoms with Crippen LogP contribution in [-0.2, 0) is 0 Å². The van der Waals surface area contributed by atoms with E-state index in [2.05, 4.69) is 71.6 Å². The molecule has 20 heavy (non-hydrogen) atoms. The third-order valence-corrected chi connectivity index (χ3v) is 4.48. The van der Waals surface area contributed by atoms with Crippen molar-refractivity contribution < 1.29 is 0 Å². The number of unbranched alkanes of at least 4 members (excludes halogenated alkanes) is 1. The van der Waals surface area contributed by atoms with Gasteiger partial charge in [-0.2, -0.15) is 0 Å². The summed E-state index contributed by atoms with van der Waals surface area (Å²) in [6, 6.07) is 17.7. The van der Waals surface area contributed by atoms with E-state index in [1.165, 1.54) is 47.7 Å². The van der Waals surface area contributed by atoms with Crippen molar-refractivity contribution in [2.75, 3.05) is 6.16 Å². The third-order valence-electron chi connectivity index (χ3n) is 4.07. The van der Waals surface area contributed by atoms with E-state index in [0.717, 1.165) is 0 Å². The molecule has 0 aromatic heterocycles. The van der Waals surface area contributed by atoms with Crippen molar-refractivity contribution >= 4 is 9.24 Å². The Bertz CT molecular complexity index is 499. The fraction of sp³-hybridized carbons (Fsp3) is 0.368. The van der Waals surface area contributed by atoms with Crippen LogP contribution in [0.2, 0.25) is 0 Å². The second kappa shape index (κ2) is 7.60. The molecule has 0 aliphatic carbocycles. The Balaban J connectivity index is 2.35. The van der Waals surface area contributed by atoms with Crippen LogP contribution in [0.15, 0.2) is 48.5 Å². The van der Waals surface area contributed by atoms with Crippen LogP contribution in [0.1, 0.15) is 47.4 Å². The molecule has 0 nitrogen and oxygen atoms in total. The van der Waals surface area contributed by atoms with E-state index in [0.29, 0.717) is 5.92 Å². The molecule has 1 heteroatoms. The second-order valence-electron chi connectivity index (χ2n) is 5.55. The Morgan fingerprint density at radius 3 is 1.75 bits per heavy atom. The first kappa shape index (κ1) is 15.3. The number of aryl methyl sites for hydroxylation is 2. The van der Waals surface area contributed by atoms with Crippen molar-refractivity contribution in [2.24, 2.45) is 0 Å². The van der Waals surface area contributed by atoms with Crippen LogP contribution in [0.3, 0.4) is 0 Å². The molecule has 2 aromatic carbocycles. The first-order valence-electron chi connectivity index (χ1n) is 7.55. The molecule has 0 amide bonds. The van der Waals surface area contributed by atoms with Gasteiger partial charge in [0.1, 0.15) is 0 Å². The summed E-state index contributed by atoms with van der Waals surface area (Å²) in [5.41, 5.74) is 5.80. The van der Waals surface area contributed by atoms with Gasteiger partial charge in [-0.25, -0.2) is 0 Å². The zero-order valence-electron chi connectivity index (χ0n) is 12.6. The second-order valence-corrected chi connectivity index (χ2v) is 6.13. The first-order valence-corrected chi connectivity index (χ1v) is 8.37. The Hall–Kier alpha value is -1.13. The number of rotatable bonds is 6. The summed E-state index contributed by atoms with van der Waals surface area (Å²) in [6.45, 7) is 4.46. The Morgan fingerprint density at radius 2 is 1.30 bits per heavy atom. The van der Waals surface area contributed by atoms with Gasteiger partial charge in [-0.15, -0.1) is 9.24 Å². The lowest BCUT2D eigenvalue weighted by molar-refractivity contribution is 0.648. The Labute approximate surface area is 125 Å². The molecule has 2 aromatic rings. The molecule has 0 N–H and O–H groups in total. The number of hydrogen-bond acceptors (Lipinski definition) is 0. The predicted octanol–water partition coefficient (Wildman–Crippen LogP) is 5.48. The summed E-state index contributed by atoms with van der Waals surface area (Å²) in [5, 5.41) is 0. The summed E-state index contributed by atoms with van der Waals surface area (Å²) in [6.07, 6.45) is 5.02. The lowest BCUT2D eigenvalue weighted by atomic mass is 9.83. The monoisotopic (exact) mass is 284 g/mol. The van der Waals surface area contributed by atoms with Crippen LogP contribution in [0, 0.1) is 13.8 Å². The summed E-state index contributed by atoms with van der Waals surface area (Å²) in [4.78, 5) is 0. The highest BCUT2D eigenvalue weighted by molar-refractivity contribution is 7.16. The smallest absolute Gasteiger partial charge is 0.00945 e. The molecule has 0 fully saturated rings. The predicted molar refractivity (Wildman–Crippen MR) is 92.6 cm³/mol. The molecular formula is C19H25P. The molecule has 0 heterocycles. The van der Waals surface area contributed by atoms with Crippen molar-refractivity contribution in [2.45, 2.75) is 39.0 Å². The minimum atomic E-state index is 0.536. The first-order chi connectivity index (χ1) is 9.74. The van der Waals surface area contributed by atoms with Crippen LogP contribution < -0.4 is 0 Å². The minimum Gasteiger partial charge on any atom is -0.138 e. The summed E-state index contributed by atoms with van der Waals surface area (Å²) in [7, 11) is 2.84. The maximum absolute atomic E-state index is 2.84. The van der Waals surface area contributed by atoms with Gasteiger partial charge in [-0.3, -0.25) is 0 Å². The van der Waals surface area contributed by atoms with E-state index in [4.69, 9.17) is 0 Å². The SMILES string of the molecule is Cc1ccccc1C(CCCCP)c1ccccc1C. The molecule has 0 radical (unpaired) electrons. The van der Waals surface area contributed by atoms with Gasteiger partial charge in [0.05, 0.1) is 0 Å². The molecule has 0 saturated carbocycles. The molecule has 0 saturated heterocycles. The van der Waals surface area contributed by atoms with Gasteiger partial charge >= 0.3 is 0 Å². The Kier molecular flexibility index (Phi) is 5.80. The Morgan fingerprint density at radius 1 is 0.800 bits per heavy atom. The fourth-order valence-electron chi connectivity index (χ4n) is 2.93. The summed E-state index contributed by atoms with van der Waals surface area (Å²) < 4.78 is 0. The van der Waals surface area contributed by atoms with E-state index >= 15 is 0 Å². The standard InChI is InChI=1S/C19H25P/c1-15-9-3-5-11-17(15)19(13-7-8-14-20)18-12-6-4-10-16(18)2/h3-6,9-12,19H,7-8,13-14,20H2,1-2H3. The van der Waals surface area contributed by atoms with Crippen LogP contribution in [-0.4, -0.2) is 6.16 Å². The fourth-order valence-corrected chi connectivity index (χ4v) is 3.22. The van der Waals surface area contributed by atoms with E-state index in [9.17, 15) is 0 Å². The summed E-state index contributed by atoms with van der Waals surface area (Å²) in [5.74, 6) is 0.536. The maximum atomic E-state index is 2.84. The van der Waals surface area contributed by atoms with Gasteiger partial charge in [-0.1, -0.05) is 55.0 Å². The average Bonchev–Trinajstić information content (AvgIpc) is 2.46. The average molecular weight is 284 g/mol. The molecule has 1 unspecified atom stereocenters. The van der Waals surface area contributed by atoms with Crippen LogP contribution in [0.4, 0.5) is 0 Å². The normalized spacial score (nSPS) is 11.0. The van der Waals surface area contributed by atoms with Crippen molar-refractivity contribution in [3.8, 4) is 0 Å². The van der Waals surface area contributed by atoms with Crippen molar-refractivity contribution in [1.29, 1.82) is 0 Å². The van der Waals surface area contributed by atoms with Gasteiger partial charge in [0, 0.05) is 5.92 Å². The topological polar surface area (TPSA) is 0 Å². The molecule has 0 spiro atoms. The number of benzene rings is 2. The van der Waals surface area contributed by atoms with Crippen LogP contribution in [0.25, 0.3) is 0 Å². The van der Waals surface area contributed by atoms with E-state index in [1.54, 1.807) is 0 Å². The van der Waals surface area contributed by atoms with Gasteiger partial charge in [-0.05, 0) is 55.1 Å². The molecule has 1 atom stereocenters. The van der Waals surface area contributed by atoms with Crippen LogP contribution in [0.5, 0.6) is 0 Å². The van der Waals surface area contributed by atoms with Crippen molar-refractivity contribution in [3.63, 3.8) is 0 Å². The highest BCUT2D eigenvalue weighted by Gasteiger charge is 2.17. The molecule has 0 bridgehead atoms. The maximum Gasteiger partial charge on any atom is 0.00945 e. The molecule has 106 valence electrons. The van der Waals surface area contributed by atoms with E-state index in [-0.39, 0.29) is 0 Å². The highest BCUT2D eigenvalue weighted by Crippen LogP contribution is 2.33. The van der Waals surface area contributed by atoms with Crippen molar-refractivity contribution in [3.05, 3.63) is 70.8 Å². The zero-order valence-corrected chi connectivity index (χ0v) is 13.8.